The van der Waals surface area contributed by atoms with Crippen LogP contribution in [0.4, 0.5) is 4.39 Å². The highest BCUT2D eigenvalue weighted by Gasteiger charge is 2.11. The molecule has 0 aliphatic heterocycles. The van der Waals surface area contributed by atoms with E-state index in [0.717, 1.165) is 6.42 Å². The average Bonchev–Trinajstić information content (AvgIpc) is 2.49. The summed E-state index contributed by atoms with van der Waals surface area (Å²) < 4.78 is 13.1. The van der Waals surface area contributed by atoms with Gasteiger partial charge >= 0.3 is 0 Å². The molecule has 1 unspecified atom stereocenters. The molecule has 2 aromatic rings. The van der Waals surface area contributed by atoms with Crippen LogP contribution < -0.4 is 5.32 Å². The largest absolute Gasteiger partial charge is 0.355 e. The Morgan fingerprint density at radius 2 is 1.90 bits per heavy atom. The molecule has 110 valence electrons. The lowest BCUT2D eigenvalue weighted by atomic mass is 9.96. The van der Waals surface area contributed by atoms with Gasteiger partial charge in [0.05, 0.1) is 6.42 Å². The minimum absolute atomic E-state index is 0.0741. The zero-order valence-corrected chi connectivity index (χ0v) is 12.2. The molecule has 2 aromatic carbocycles. The second kappa shape index (κ2) is 7.58. The van der Waals surface area contributed by atoms with Crippen molar-refractivity contribution in [2.45, 2.75) is 25.7 Å². The van der Waals surface area contributed by atoms with Gasteiger partial charge in [0.1, 0.15) is 5.82 Å². The van der Waals surface area contributed by atoms with Crippen molar-refractivity contribution in [3.8, 4) is 0 Å². The SMILES string of the molecule is CCC(CNC(=O)Cc1cccc(F)c1)c1ccccc1. The molecule has 0 aliphatic rings. The minimum Gasteiger partial charge on any atom is -0.355 e. The van der Waals surface area contributed by atoms with Gasteiger partial charge in [-0.3, -0.25) is 4.79 Å². The molecule has 0 fully saturated rings. The molecule has 0 aromatic heterocycles. The van der Waals surface area contributed by atoms with Crippen LogP contribution in [0.2, 0.25) is 0 Å². The van der Waals surface area contributed by atoms with Crippen molar-refractivity contribution in [2.75, 3.05) is 6.54 Å². The van der Waals surface area contributed by atoms with E-state index in [1.54, 1.807) is 12.1 Å². The Kier molecular flexibility index (Phi) is 5.50. The van der Waals surface area contributed by atoms with E-state index in [9.17, 15) is 9.18 Å². The van der Waals surface area contributed by atoms with Crippen molar-refractivity contribution < 1.29 is 9.18 Å². The maximum Gasteiger partial charge on any atom is 0.224 e. The molecular weight excluding hydrogens is 265 g/mol. The van der Waals surface area contributed by atoms with Crippen LogP contribution in [0.5, 0.6) is 0 Å². The van der Waals surface area contributed by atoms with Crippen LogP contribution in [-0.4, -0.2) is 12.5 Å². The average molecular weight is 285 g/mol. The Hall–Kier alpha value is -2.16. The summed E-state index contributed by atoms with van der Waals surface area (Å²) in [6, 6.07) is 16.3. The summed E-state index contributed by atoms with van der Waals surface area (Å²) in [6.45, 7) is 2.71. The molecule has 0 bridgehead atoms. The van der Waals surface area contributed by atoms with Gasteiger partial charge in [0.2, 0.25) is 5.91 Å². The Morgan fingerprint density at radius 3 is 2.57 bits per heavy atom. The molecular formula is C18H20FNO. The number of carbonyl (C=O) groups excluding carboxylic acids is 1. The van der Waals surface area contributed by atoms with E-state index in [1.807, 2.05) is 18.2 Å². The monoisotopic (exact) mass is 285 g/mol. The van der Waals surface area contributed by atoms with Crippen LogP contribution in [0, 0.1) is 5.82 Å². The van der Waals surface area contributed by atoms with Gasteiger partial charge in [-0.25, -0.2) is 4.39 Å². The van der Waals surface area contributed by atoms with Crippen molar-refractivity contribution in [3.05, 3.63) is 71.5 Å². The summed E-state index contributed by atoms with van der Waals surface area (Å²) >= 11 is 0. The van der Waals surface area contributed by atoms with Gasteiger partial charge in [-0.2, -0.15) is 0 Å². The van der Waals surface area contributed by atoms with Crippen molar-refractivity contribution in [3.63, 3.8) is 0 Å². The van der Waals surface area contributed by atoms with E-state index in [-0.39, 0.29) is 18.1 Å². The smallest absolute Gasteiger partial charge is 0.224 e. The highest BCUT2D eigenvalue weighted by atomic mass is 19.1. The number of benzene rings is 2. The summed E-state index contributed by atoms with van der Waals surface area (Å²) in [5.74, 6) is -0.0753. The van der Waals surface area contributed by atoms with Gasteiger partial charge in [-0.15, -0.1) is 0 Å². The quantitative estimate of drug-likeness (QED) is 0.862. The lowest BCUT2D eigenvalue weighted by Crippen LogP contribution is -2.29. The van der Waals surface area contributed by atoms with Gasteiger partial charge in [0.15, 0.2) is 0 Å². The highest BCUT2D eigenvalue weighted by Crippen LogP contribution is 2.18. The first kappa shape index (κ1) is 15.2. The third kappa shape index (κ3) is 4.71. The predicted molar refractivity (Wildman–Crippen MR) is 82.6 cm³/mol. The summed E-state index contributed by atoms with van der Waals surface area (Å²) in [6.07, 6.45) is 1.17. The van der Waals surface area contributed by atoms with Crippen LogP contribution in [-0.2, 0) is 11.2 Å². The summed E-state index contributed by atoms with van der Waals surface area (Å²) in [4.78, 5) is 11.9. The molecule has 0 saturated heterocycles. The lowest BCUT2D eigenvalue weighted by Gasteiger charge is -2.16. The van der Waals surface area contributed by atoms with E-state index in [4.69, 9.17) is 0 Å². The molecule has 2 nitrogen and oxygen atoms in total. The van der Waals surface area contributed by atoms with E-state index in [1.165, 1.54) is 17.7 Å². The molecule has 0 spiro atoms. The van der Waals surface area contributed by atoms with Crippen molar-refractivity contribution >= 4 is 5.91 Å². The number of halogens is 1. The van der Waals surface area contributed by atoms with Crippen molar-refractivity contribution in [1.29, 1.82) is 0 Å². The van der Waals surface area contributed by atoms with Gasteiger partial charge in [0, 0.05) is 12.5 Å². The topological polar surface area (TPSA) is 29.1 Å². The van der Waals surface area contributed by atoms with E-state index in [0.29, 0.717) is 18.0 Å². The molecule has 0 aliphatic carbocycles. The van der Waals surface area contributed by atoms with Crippen LogP contribution in [0.3, 0.4) is 0 Å². The molecule has 0 saturated carbocycles. The normalized spacial score (nSPS) is 11.9. The molecule has 21 heavy (non-hydrogen) atoms. The maximum atomic E-state index is 13.1. The Bertz CT molecular complexity index is 583. The first-order valence-electron chi connectivity index (χ1n) is 7.25. The summed E-state index contributed by atoms with van der Waals surface area (Å²) in [5.41, 5.74) is 1.92. The number of hydrogen-bond donors (Lipinski definition) is 1. The predicted octanol–water partition coefficient (Wildman–Crippen LogP) is 3.68. The Morgan fingerprint density at radius 1 is 1.14 bits per heavy atom. The van der Waals surface area contributed by atoms with Gasteiger partial charge < -0.3 is 5.32 Å². The second-order valence-electron chi connectivity index (χ2n) is 5.13. The number of carbonyl (C=O) groups is 1. The minimum atomic E-state index is -0.309. The van der Waals surface area contributed by atoms with Gasteiger partial charge in [-0.1, -0.05) is 49.4 Å². The third-order valence-corrected chi connectivity index (χ3v) is 3.56. The fourth-order valence-electron chi connectivity index (χ4n) is 2.35. The van der Waals surface area contributed by atoms with Gasteiger partial charge in [-0.05, 0) is 29.7 Å². The molecule has 0 radical (unpaired) electrons. The summed E-state index contributed by atoms with van der Waals surface area (Å²) in [7, 11) is 0. The Balaban J connectivity index is 1.88. The molecule has 1 amide bonds. The van der Waals surface area contributed by atoms with Crippen molar-refractivity contribution in [1.82, 2.24) is 5.32 Å². The standard InChI is InChI=1S/C18H20FNO/c1-2-15(16-8-4-3-5-9-16)13-20-18(21)12-14-7-6-10-17(19)11-14/h3-11,15H,2,12-13H2,1H3,(H,20,21). The molecule has 2 rings (SSSR count). The molecule has 1 atom stereocenters. The van der Waals surface area contributed by atoms with Crippen LogP contribution in [0.25, 0.3) is 0 Å². The van der Waals surface area contributed by atoms with E-state index in [2.05, 4.69) is 24.4 Å². The van der Waals surface area contributed by atoms with Gasteiger partial charge in [0.25, 0.3) is 0 Å². The number of amides is 1. The Labute approximate surface area is 125 Å². The van der Waals surface area contributed by atoms with Crippen LogP contribution in [0.1, 0.15) is 30.4 Å². The third-order valence-electron chi connectivity index (χ3n) is 3.56. The first-order valence-corrected chi connectivity index (χ1v) is 7.25. The van der Waals surface area contributed by atoms with Crippen LogP contribution in [0.15, 0.2) is 54.6 Å². The van der Waals surface area contributed by atoms with Crippen LogP contribution >= 0.6 is 0 Å². The lowest BCUT2D eigenvalue weighted by molar-refractivity contribution is -0.120. The zero-order valence-electron chi connectivity index (χ0n) is 12.2. The molecule has 1 N–H and O–H groups in total. The number of nitrogens with one attached hydrogen (secondary N) is 1. The summed E-state index contributed by atoms with van der Waals surface area (Å²) in [5, 5.41) is 2.94. The number of hydrogen-bond acceptors (Lipinski definition) is 1. The fraction of sp³-hybridized carbons (Fsp3) is 0.278. The zero-order chi connectivity index (χ0) is 15.1. The fourth-order valence-corrected chi connectivity index (χ4v) is 2.35. The van der Waals surface area contributed by atoms with E-state index < -0.39 is 0 Å². The first-order chi connectivity index (χ1) is 10.2. The number of rotatable bonds is 6. The van der Waals surface area contributed by atoms with Crippen molar-refractivity contribution in [2.24, 2.45) is 0 Å². The maximum absolute atomic E-state index is 13.1. The second-order valence-corrected chi connectivity index (χ2v) is 5.13. The molecule has 0 heterocycles. The molecule has 3 heteroatoms. The highest BCUT2D eigenvalue weighted by molar-refractivity contribution is 5.78. The van der Waals surface area contributed by atoms with E-state index >= 15 is 0 Å².